The first-order valence-electron chi connectivity index (χ1n) is 6.66. The molecule has 2 atom stereocenters. The number of ether oxygens (including phenoxy) is 1. The minimum atomic E-state index is 0.385. The smallest absolute Gasteiger partial charge is 0.0678 e. The highest BCUT2D eigenvalue weighted by Crippen LogP contribution is 2.11. The standard InChI is InChI=1S/C15H23NO/c1-13-11-16(12-14(2)17-13)10-6-9-15-7-4-3-5-8-15/h3-5,7-8,13-14H,6,9-12H2,1-2H3/t13-,14-/m1/s1. The van der Waals surface area contributed by atoms with Crippen LogP contribution in [0.2, 0.25) is 0 Å². The molecular formula is C15H23NO. The van der Waals surface area contributed by atoms with Gasteiger partial charge in [-0.3, -0.25) is 4.90 Å². The van der Waals surface area contributed by atoms with Crippen molar-refractivity contribution < 1.29 is 4.74 Å². The highest BCUT2D eigenvalue weighted by atomic mass is 16.5. The monoisotopic (exact) mass is 233 g/mol. The molecule has 1 aliphatic heterocycles. The summed E-state index contributed by atoms with van der Waals surface area (Å²) in [5.74, 6) is 0. The molecule has 1 aromatic rings. The first-order valence-corrected chi connectivity index (χ1v) is 6.66. The molecule has 1 aliphatic rings. The van der Waals surface area contributed by atoms with E-state index in [1.807, 2.05) is 0 Å². The lowest BCUT2D eigenvalue weighted by Gasteiger charge is -2.35. The maximum atomic E-state index is 5.74. The van der Waals surface area contributed by atoms with E-state index in [1.54, 1.807) is 0 Å². The quantitative estimate of drug-likeness (QED) is 0.793. The Kier molecular flexibility index (Phi) is 4.57. The zero-order valence-electron chi connectivity index (χ0n) is 10.9. The van der Waals surface area contributed by atoms with Gasteiger partial charge in [0.05, 0.1) is 12.2 Å². The van der Waals surface area contributed by atoms with Crippen LogP contribution < -0.4 is 0 Å². The van der Waals surface area contributed by atoms with Gasteiger partial charge in [0.25, 0.3) is 0 Å². The third-order valence-electron chi connectivity index (χ3n) is 3.28. The molecule has 0 N–H and O–H groups in total. The molecule has 2 nitrogen and oxygen atoms in total. The number of hydrogen-bond donors (Lipinski definition) is 0. The molecule has 2 heteroatoms. The van der Waals surface area contributed by atoms with Crippen LogP contribution in [0, 0.1) is 0 Å². The molecule has 1 aromatic carbocycles. The van der Waals surface area contributed by atoms with E-state index in [9.17, 15) is 0 Å². The average Bonchev–Trinajstić information content (AvgIpc) is 2.29. The number of morpholine rings is 1. The van der Waals surface area contributed by atoms with Gasteiger partial charge in [0, 0.05) is 13.1 Å². The summed E-state index contributed by atoms with van der Waals surface area (Å²) in [4.78, 5) is 2.53. The lowest BCUT2D eigenvalue weighted by molar-refractivity contribution is -0.0680. The van der Waals surface area contributed by atoms with Gasteiger partial charge in [-0.1, -0.05) is 30.3 Å². The number of nitrogens with zero attached hydrogens (tertiary/aromatic N) is 1. The molecule has 0 radical (unpaired) electrons. The molecule has 2 rings (SSSR count). The van der Waals surface area contributed by atoms with E-state index < -0.39 is 0 Å². The lowest BCUT2D eigenvalue weighted by atomic mass is 10.1. The third-order valence-corrected chi connectivity index (χ3v) is 3.28. The summed E-state index contributed by atoms with van der Waals surface area (Å²) in [5, 5.41) is 0. The number of benzene rings is 1. The Morgan fingerprint density at radius 2 is 1.76 bits per heavy atom. The molecule has 0 bridgehead atoms. The highest BCUT2D eigenvalue weighted by Gasteiger charge is 2.21. The molecule has 0 amide bonds. The molecule has 0 spiro atoms. The van der Waals surface area contributed by atoms with Crippen LogP contribution >= 0.6 is 0 Å². The van der Waals surface area contributed by atoms with Crippen LogP contribution in [-0.4, -0.2) is 36.7 Å². The van der Waals surface area contributed by atoms with Gasteiger partial charge in [-0.2, -0.15) is 0 Å². The zero-order chi connectivity index (χ0) is 12.1. The summed E-state index contributed by atoms with van der Waals surface area (Å²) in [6, 6.07) is 10.7. The summed E-state index contributed by atoms with van der Waals surface area (Å²) >= 11 is 0. The SMILES string of the molecule is C[C@@H]1CN(CCCc2ccccc2)C[C@@H](C)O1. The van der Waals surface area contributed by atoms with Crippen LogP contribution in [0.3, 0.4) is 0 Å². The lowest BCUT2D eigenvalue weighted by Crippen LogP contribution is -2.45. The van der Waals surface area contributed by atoms with Gasteiger partial charge in [-0.15, -0.1) is 0 Å². The van der Waals surface area contributed by atoms with Gasteiger partial charge < -0.3 is 4.74 Å². The van der Waals surface area contributed by atoms with E-state index in [-0.39, 0.29) is 0 Å². The van der Waals surface area contributed by atoms with E-state index in [2.05, 4.69) is 49.1 Å². The van der Waals surface area contributed by atoms with Gasteiger partial charge in [0.15, 0.2) is 0 Å². The van der Waals surface area contributed by atoms with Gasteiger partial charge in [-0.25, -0.2) is 0 Å². The van der Waals surface area contributed by atoms with Crippen molar-refractivity contribution in [2.24, 2.45) is 0 Å². The minimum absolute atomic E-state index is 0.385. The van der Waals surface area contributed by atoms with E-state index in [4.69, 9.17) is 4.74 Å². The Hall–Kier alpha value is -0.860. The number of rotatable bonds is 4. The molecule has 17 heavy (non-hydrogen) atoms. The fraction of sp³-hybridized carbons (Fsp3) is 0.600. The van der Waals surface area contributed by atoms with Crippen LogP contribution in [0.25, 0.3) is 0 Å². The van der Waals surface area contributed by atoms with Crippen molar-refractivity contribution in [1.82, 2.24) is 4.90 Å². The Morgan fingerprint density at radius 3 is 2.41 bits per heavy atom. The largest absolute Gasteiger partial charge is 0.373 e. The maximum absolute atomic E-state index is 5.74. The average molecular weight is 233 g/mol. The van der Waals surface area contributed by atoms with Crippen molar-refractivity contribution in [3.8, 4) is 0 Å². The number of aryl methyl sites for hydroxylation is 1. The second-order valence-electron chi connectivity index (χ2n) is 5.11. The van der Waals surface area contributed by atoms with Crippen molar-refractivity contribution >= 4 is 0 Å². The van der Waals surface area contributed by atoms with E-state index >= 15 is 0 Å². The summed E-state index contributed by atoms with van der Waals surface area (Å²) in [7, 11) is 0. The van der Waals surface area contributed by atoms with Crippen LogP contribution in [0.15, 0.2) is 30.3 Å². The second-order valence-corrected chi connectivity index (χ2v) is 5.11. The van der Waals surface area contributed by atoms with Crippen LogP contribution in [0.1, 0.15) is 25.8 Å². The fourth-order valence-electron chi connectivity index (χ4n) is 2.62. The van der Waals surface area contributed by atoms with Gasteiger partial charge in [0.1, 0.15) is 0 Å². The molecule has 1 heterocycles. The number of hydrogen-bond acceptors (Lipinski definition) is 2. The zero-order valence-corrected chi connectivity index (χ0v) is 10.9. The van der Waals surface area contributed by atoms with Crippen LogP contribution in [0.5, 0.6) is 0 Å². The van der Waals surface area contributed by atoms with E-state index in [0.717, 1.165) is 13.1 Å². The van der Waals surface area contributed by atoms with Crippen molar-refractivity contribution in [3.63, 3.8) is 0 Å². The van der Waals surface area contributed by atoms with Crippen molar-refractivity contribution in [2.45, 2.75) is 38.9 Å². The first kappa shape index (κ1) is 12.6. The summed E-state index contributed by atoms with van der Waals surface area (Å²) in [6.45, 7) is 7.69. The molecule has 0 saturated carbocycles. The summed E-state index contributed by atoms with van der Waals surface area (Å²) < 4.78 is 5.74. The molecule has 1 fully saturated rings. The Balaban J connectivity index is 1.71. The molecule has 0 unspecified atom stereocenters. The minimum Gasteiger partial charge on any atom is -0.373 e. The summed E-state index contributed by atoms with van der Waals surface area (Å²) in [6.07, 6.45) is 3.19. The predicted molar refractivity (Wildman–Crippen MR) is 71.2 cm³/mol. The van der Waals surface area contributed by atoms with Gasteiger partial charge in [0.2, 0.25) is 0 Å². The highest BCUT2D eigenvalue weighted by molar-refractivity contribution is 5.14. The molecule has 94 valence electrons. The predicted octanol–water partition coefficient (Wildman–Crippen LogP) is 2.73. The Labute approximate surface area is 105 Å². The van der Waals surface area contributed by atoms with E-state index in [1.165, 1.54) is 24.9 Å². The topological polar surface area (TPSA) is 12.5 Å². The second kappa shape index (κ2) is 6.18. The van der Waals surface area contributed by atoms with E-state index in [0.29, 0.717) is 12.2 Å². The maximum Gasteiger partial charge on any atom is 0.0678 e. The van der Waals surface area contributed by atoms with Gasteiger partial charge >= 0.3 is 0 Å². The first-order chi connectivity index (χ1) is 8.24. The summed E-state index contributed by atoms with van der Waals surface area (Å²) in [5.41, 5.74) is 1.45. The Morgan fingerprint density at radius 1 is 1.12 bits per heavy atom. The van der Waals surface area contributed by atoms with Crippen molar-refractivity contribution in [1.29, 1.82) is 0 Å². The normalized spacial score (nSPS) is 26.0. The van der Waals surface area contributed by atoms with Crippen molar-refractivity contribution in [3.05, 3.63) is 35.9 Å². The molecular weight excluding hydrogens is 210 g/mol. The van der Waals surface area contributed by atoms with Gasteiger partial charge in [-0.05, 0) is 38.8 Å². The van der Waals surface area contributed by atoms with Crippen molar-refractivity contribution in [2.75, 3.05) is 19.6 Å². The molecule has 0 aromatic heterocycles. The molecule has 1 saturated heterocycles. The third kappa shape index (κ3) is 4.14. The fourth-order valence-corrected chi connectivity index (χ4v) is 2.62. The molecule has 0 aliphatic carbocycles. The van der Waals surface area contributed by atoms with Crippen LogP contribution in [-0.2, 0) is 11.2 Å². The Bertz CT molecular complexity index is 315. The van der Waals surface area contributed by atoms with Crippen LogP contribution in [0.4, 0.5) is 0 Å².